The second-order valence-electron chi connectivity index (χ2n) is 6.37. The maximum Gasteiger partial charge on any atom is 0.222 e. The Balaban J connectivity index is 1.79. The molecule has 0 aliphatic carbocycles. The van der Waals surface area contributed by atoms with Gasteiger partial charge in [-0.15, -0.1) is 0 Å². The van der Waals surface area contributed by atoms with E-state index in [2.05, 4.69) is 26.0 Å². The minimum absolute atomic E-state index is 0.325. The molecular weight excluding hydrogens is 248 g/mol. The van der Waals surface area contributed by atoms with Gasteiger partial charge in [0.2, 0.25) is 5.91 Å². The lowest BCUT2D eigenvalue weighted by molar-refractivity contribution is -0.133. The van der Waals surface area contributed by atoms with Crippen molar-refractivity contribution in [3.8, 4) is 0 Å². The van der Waals surface area contributed by atoms with Crippen LogP contribution in [0.2, 0.25) is 0 Å². The number of hydrogen-bond acceptors (Lipinski definition) is 2. The molecule has 1 amide bonds. The molecule has 1 aromatic carbocycles. The zero-order valence-corrected chi connectivity index (χ0v) is 12.6. The Labute approximate surface area is 122 Å². The van der Waals surface area contributed by atoms with E-state index < -0.39 is 0 Å². The largest absolute Gasteiger partial charge is 0.399 e. The van der Waals surface area contributed by atoms with Gasteiger partial charge in [0.15, 0.2) is 0 Å². The molecule has 0 bridgehead atoms. The lowest BCUT2D eigenvalue weighted by atomic mass is 9.90. The summed E-state index contributed by atoms with van der Waals surface area (Å²) in [5, 5.41) is 0. The maximum absolute atomic E-state index is 12.0. The predicted octanol–water partition coefficient (Wildman–Crippen LogP) is 3.10. The van der Waals surface area contributed by atoms with Crippen molar-refractivity contribution in [2.45, 2.75) is 39.5 Å². The molecule has 1 heterocycles. The molecular formula is C17H26N2O. The quantitative estimate of drug-likeness (QED) is 0.858. The van der Waals surface area contributed by atoms with Crippen molar-refractivity contribution in [1.29, 1.82) is 0 Å². The van der Waals surface area contributed by atoms with Crippen LogP contribution in [-0.2, 0) is 11.2 Å². The van der Waals surface area contributed by atoms with Gasteiger partial charge in [-0.25, -0.2) is 0 Å². The summed E-state index contributed by atoms with van der Waals surface area (Å²) in [5.74, 6) is 1.47. The lowest BCUT2D eigenvalue weighted by Crippen LogP contribution is -2.39. The van der Waals surface area contributed by atoms with Crippen LogP contribution in [0.25, 0.3) is 0 Å². The monoisotopic (exact) mass is 274 g/mol. The number of nitrogen functional groups attached to an aromatic ring is 1. The lowest BCUT2D eigenvalue weighted by Gasteiger charge is -2.32. The SMILES string of the molecule is CC(C)CC(=O)N1CCC(Cc2ccc(N)cc2)CC1. The smallest absolute Gasteiger partial charge is 0.222 e. The summed E-state index contributed by atoms with van der Waals surface area (Å²) in [6.07, 6.45) is 4.03. The van der Waals surface area contributed by atoms with Crippen molar-refractivity contribution in [2.75, 3.05) is 18.8 Å². The highest BCUT2D eigenvalue weighted by atomic mass is 16.2. The average molecular weight is 274 g/mol. The number of hydrogen-bond donors (Lipinski definition) is 1. The summed E-state index contributed by atoms with van der Waals surface area (Å²) in [7, 11) is 0. The normalized spacial score (nSPS) is 16.6. The number of rotatable bonds is 4. The maximum atomic E-state index is 12.0. The van der Waals surface area contributed by atoms with Crippen LogP contribution in [0.4, 0.5) is 5.69 Å². The molecule has 20 heavy (non-hydrogen) atoms. The Morgan fingerprint density at radius 1 is 1.25 bits per heavy atom. The van der Waals surface area contributed by atoms with Gasteiger partial charge in [-0.05, 0) is 48.8 Å². The highest BCUT2D eigenvalue weighted by molar-refractivity contribution is 5.76. The highest BCUT2D eigenvalue weighted by Gasteiger charge is 2.23. The Kier molecular flexibility index (Phi) is 5.05. The van der Waals surface area contributed by atoms with Gasteiger partial charge in [0, 0.05) is 25.2 Å². The molecule has 0 spiro atoms. The van der Waals surface area contributed by atoms with Crippen LogP contribution in [0, 0.1) is 11.8 Å². The van der Waals surface area contributed by atoms with Crippen molar-refractivity contribution in [1.82, 2.24) is 4.90 Å². The van der Waals surface area contributed by atoms with E-state index >= 15 is 0 Å². The minimum atomic E-state index is 0.325. The van der Waals surface area contributed by atoms with Crippen LogP contribution in [0.3, 0.4) is 0 Å². The molecule has 1 aromatic rings. The first kappa shape index (κ1) is 14.9. The van der Waals surface area contributed by atoms with E-state index in [0.29, 0.717) is 24.2 Å². The molecule has 1 aliphatic rings. The van der Waals surface area contributed by atoms with Crippen molar-refractivity contribution in [3.05, 3.63) is 29.8 Å². The van der Waals surface area contributed by atoms with Gasteiger partial charge in [-0.1, -0.05) is 26.0 Å². The topological polar surface area (TPSA) is 46.3 Å². The Hall–Kier alpha value is -1.51. The van der Waals surface area contributed by atoms with Crippen LogP contribution in [0.5, 0.6) is 0 Å². The number of benzene rings is 1. The van der Waals surface area contributed by atoms with E-state index in [4.69, 9.17) is 5.73 Å². The highest BCUT2D eigenvalue weighted by Crippen LogP contribution is 2.23. The molecule has 3 nitrogen and oxygen atoms in total. The summed E-state index contributed by atoms with van der Waals surface area (Å²) in [5.41, 5.74) is 7.88. The fourth-order valence-electron chi connectivity index (χ4n) is 2.85. The summed E-state index contributed by atoms with van der Waals surface area (Å²) >= 11 is 0. The van der Waals surface area contributed by atoms with Crippen molar-refractivity contribution in [2.24, 2.45) is 11.8 Å². The van der Waals surface area contributed by atoms with E-state index in [1.807, 2.05) is 17.0 Å². The predicted molar refractivity (Wildman–Crippen MR) is 83.3 cm³/mol. The van der Waals surface area contributed by atoms with Crippen molar-refractivity contribution < 1.29 is 4.79 Å². The summed E-state index contributed by atoms with van der Waals surface area (Å²) in [6, 6.07) is 8.17. The Morgan fingerprint density at radius 2 is 1.85 bits per heavy atom. The average Bonchev–Trinajstić information content (AvgIpc) is 2.41. The van der Waals surface area contributed by atoms with Crippen LogP contribution < -0.4 is 5.73 Å². The van der Waals surface area contributed by atoms with E-state index in [1.54, 1.807) is 0 Å². The number of nitrogens with two attached hydrogens (primary N) is 1. The summed E-state index contributed by atoms with van der Waals surface area (Å²) in [6.45, 7) is 6.05. The minimum Gasteiger partial charge on any atom is -0.399 e. The molecule has 1 aliphatic heterocycles. The molecule has 1 fully saturated rings. The molecule has 0 atom stereocenters. The number of carbonyl (C=O) groups is 1. The Morgan fingerprint density at radius 3 is 2.40 bits per heavy atom. The molecule has 110 valence electrons. The number of piperidine rings is 1. The van der Waals surface area contributed by atoms with Crippen LogP contribution in [-0.4, -0.2) is 23.9 Å². The number of nitrogens with zero attached hydrogens (tertiary/aromatic N) is 1. The second kappa shape index (κ2) is 6.78. The zero-order valence-electron chi connectivity index (χ0n) is 12.6. The fraction of sp³-hybridized carbons (Fsp3) is 0.588. The first-order valence-electron chi connectivity index (χ1n) is 7.67. The van der Waals surface area contributed by atoms with Gasteiger partial charge in [-0.3, -0.25) is 4.79 Å². The van der Waals surface area contributed by atoms with Crippen molar-refractivity contribution >= 4 is 11.6 Å². The molecule has 0 saturated carbocycles. The van der Waals surface area contributed by atoms with Gasteiger partial charge in [0.25, 0.3) is 0 Å². The van der Waals surface area contributed by atoms with E-state index in [-0.39, 0.29) is 0 Å². The van der Waals surface area contributed by atoms with Gasteiger partial charge < -0.3 is 10.6 Å². The number of likely N-dealkylation sites (tertiary alicyclic amines) is 1. The van der Waals surface area contributed by atoms with Gasteiger partial charge >= 0.3 is 0 Å². The van der Waals surface area contributed by atoms with Crippen LogP contribution in [0.15, 0.2) is 24.3 Å². The fourth-order valence-corrected chi connectivity index (χ4v) is 2.85. The third-order valence-electron chi connectivity index (χ3n) is 4.05. The number of carbonyl (C=O) groups excluding carboxylic acids is 1. The molecule has 1 saturated heterocycles. The third-order valence-corrected chi connectivity index (χ3v) is 4.05. The molecule has 3 heteroatoms. The summed E-state index contributed by atoms with van der Waals surface area (Å²) in [4.78, 5) is 14.1. The van der Waals surface area contributed by atoms with Crippen molar-refractivity contribution in [3.63, 3.8) is 0 Å². The van der Waals surface area contributed by atoms with Gasteiger partial charge in [0.05, 0.1) is 0 Å². The standard InChI is InChI=1S/C17H26N2O/c1-13(2)11-17(20)19-9-7-15(8-10-19)12-14-3-5-16(18)6-4-14/h3-6,13,15H,7-12,18H2,1-2H3. The number of amides is 1. The van der Waals surface area contributed by atoms with Gasteiger partial charge in [-0.2, -0.15) is 0 Å². The Bertz CT molecular complexity index is 431. The zero-order chi connectivity index (χ0) is 14.5. The number of anilines is 1. The third kappa shape index (κ3) is 4.26. The first-order valence-corrected chi connectivity index (χ1v) is 7.67. The molecule has 0 radical (unpaired) electrons. The summed E-state index contributed by atoms with van der Waals surface area (Å²) < 4.78 is 0. The van der Waals surface area contributed by atoms with E-state index in [1.165, 1.54) is 5.56 Å². The molecule has 2 N–H and O–H groups in total. The molecule has 0 aromatic heterocycles. The van der Waals surface area contributed by atoms with Gasteiger partial charge in [0.1, 0.15) is 0 Å². The van der Waals surface area contributed by atoms with E-state index in [9.17, 15) is 4.79 Å². The second-order valence-corrected chi connectivity index (χ2v) is 6.37. The van der Waals surface area contributed by atoms with Crippen LogP contribution >= 0.6 is 0 Å². The molecule has 2 rings (SSSR count). The van der Waals surface area contributed by atoms with Crippen LogP contribution in [0.1, 0.15) is 38.7 Å². The molecule has 0 unspecified atom stereocenters. The van der Waals surface area contributed by atoms with E-state index in [0.717, 1.165) is 38.0 Å². The first-order chi connectivity index (χ1) is 9.54.